The molecule has 3 rings (SSSR count). The fourth-order valence-electron chi connectivity index (χ4n) is 2.20. The fourth-order valence-corrected chi connectivity index (χ4v) is 2.20. The van der Waals surface area contributed by atoms with E-state index in [1.165, 1.54) is 5.56 Å². The van der Waals surface area contributed by atoms with Gasteiger partial charge in [0.15, 0.2) is 0 Å². The summed E-state index contributed by atoms with van der Waals surface area (Å²) in [6, 6.07) is 7.99. The minimum atomic E-state index is -0.650. The van der Waals surface area contributed by atoms with E-state index in [1.54, 1.807) is 17.8 Å². The largest absolute Gasteiger partial charge is 0.387 e. The van der Waals surface area contributed by atoms with Gasteiger partial charge in [-0.05, 0) is 18.9 Å². The van der Waals surface area contributed by atoms with Gasteiger partial charge < -0.3 is 9.63 Å². The monoisotopic (exact) mass is 299 g/mol. The van der Waals surface area contributed by atoms with Crippen LogP contribution in [0.2, 0.25) is 0 Å². The molecule has 0 amide bonds. The summed E-state index contributed by atoms with van der Waals surface area (Å²) >= 11 is 0. The lowest BCUT2D eigenvalue weighted by atomic mass is 10.1. The molecular formula is C15H17N5O2. The molecule has 0 fully saturated rings. The maximum absolute atomic E-state index is 9.45. The van der Waals surface area contributed by atoms with Crippen LogP contribution in [0.15, 0.2) is 35.0 Å². The highest BCUT2D eigenvalue weighted by atomic mass is 16.5. The van der Waals surface area contributed by atoms with Crippen molar-refractivity contribution >= 4 is 0 Å². The van der Waals surface area contributed by atoms with Crippen molar-refractivity contribution in [1.29, 1.82) is 0 Å². The lowest BCUT2D eigenvalue weighted by molar-refractivity contribution is 0.194. The van der Waals surface area contributed by atoms with Gasteiger partial charge in [0.2, 0.25) is 11.7 Å². The van der Waals surface area contributed by atoms with Gasteiger partial charge in [0.1, 0.15) is 12.2 Å². The summed E-state index contributed by atoms with van der Waals surface area (Å²) < 4.78 is 6.84. The minimum Gasteiger partial charge on any atom is -0.387 e. The van der Waals surface area contributed by atoms with Crippen molar-refractivity contribution in [1.82, 2.24) is 25.1 Å². The number of aliphatic hydroxyl groups is 1. The van der Waals surface area contributed by atoms with Crippen LogP contribution in [0.5, 0.6) is 0 Å². The maximum atomic E-state index is 9.45. The van der Waals surface area contributed by atoms with Crippen molar-refractivity contribution in [2.45, 2.75) is 32.9 Å². The summed E-state index contributed by atoms with van der Waals surface area (Å²) in [5.74, 6) is 1.02. The second kappa shape index (κ2) is 6.07. The number of hydrogen-bond donors (Lipinski definition) is 1. The molecule has 0 spiro atoms. The number of hydrogen-bond acceptors (Lipinski definition) is 6. The topological polar surface area (TPSA) is 89.9 Å². The van der Waals surface area contributed by atoms with E-state index in [1.807, 2.05) is 18.2 Å². The molecule has 7 heteroatoms. The minimum absolute atomic E-state index is 0.320. The Morgan fingerprint density at radius 1 is 1.32 bits per heavy atom. The number of aromatic nitrogens is 5. The van der Waals surface area contributed by atoms with Crippen molar-refractivity contribution in [3.8, 4) is 11.4 Å². The molecule has 22 heavy (non-hydrogen) atoms. The van der Waals surface area contributed by atoms with Crippen molar-refractivity contribution < 1.29 is 9.63 Å². The molecule has 7 nitrogen and oxygen atoms in total. The van der Waals surface area contributed by atoms with Crippen LogP contribution in [0.25, 0.3) is 11.4 Å². The Balaban J connectivity index is 1.81. The number of nitrogens with zero attached hydrogens (tertiary/aromatic N) is 5. The van der Waals surface area contributed by atoms with E-state index in [0.29, 0.717) is 24.0 Å². The van der Waals surface area contributed by atoms with Gasteiger partial charge >= 0.3 is 0 Å². The normalized spacial score (nSPS) is 12.5. The molecular weight excluding hydrogens is 282 g/mol. The molecule has 1 atom stereocenters. The molecule has 0 bridgehead atoms. The van der Waals surface area contributed by atoms with Crippen molar-refractivity contribution in [3.63, 3.8) is 0 Å². The van der Waals surface area contributed by atoms with E-state index in [9.17, 15) is 5.11 Å². The van der Waals surface area contributed by atoms with Crippen LogP contribution >= 0.6 is 0 Å². The lowest BCUT2D eigenvalue weighted by Gasteiger charge is -2.01. The zero-order valence-corrected chi connectivity index (χ0v) is 12.5. The molecule has 3 aromatic rings. The van der Waals surface area contributed by atoms with Gasteiger partial charge in [-0.25, -0.2) is 4.68 Å². The highest BCUT2D eigenvalue weighted by Crippen LogP contribution is 2.21. The number of aliphatic hydroxyl groups excluding tert-OH is 1. The number of benzene rings is 1. The standard InChI is InChI=1S/C15H17N5O2/c1-3-11-6-4-5-7-12(11)15-16-14(22-18-15)9-20-8-13(10(2)21)17-19-20/h4-8,10,21H,3,9H2,1-2H3. The van der Waals surface area contributed by atoms with Gasteiger partial charge in [0.25, 0.3) is 0 Å². The van der Waals surface area contributed by atoms with Crippen LogP contribution in [-0.2, 0) is 13.0 Å². The highest BCUT2D eigenvalue weighted by molar-refractivity contribution is 5.59. The zero-order chi connectivity index (χ0) is 15.5. The maximum Gasteiger partial charge on any atom is 0.248 e. The van der Waals surface area contributed by atoms with E-state index in [0.717, 1.165) is 12.0 Å². The van der Waals surface area contributed by atoms with Crippen LogP contribution in [0, 0.1) is 0 Å². The van der Waals surface area contributed by atoms with Crippen LogP contribution < -0.4 is 0 Å². The molecule has 2 aromatic heterocycles. The van der Waals surface area contributed by atoms with Gasteiger partial charge in [-0.15, -0.1) is 5.10 Å². The predicted octanol–water partition coefficient (Wildman–Crippen LogP) is 1.99. The van der Waals surface area contributed by atoms with E-state index in [4.69, 9.17) is 4.52 Å². The average Bonchev–Trinajstić information content (AvgIpc) is 3.17. The summed E-state index contributed by atoms with van der Waals surface area (Å²) in [5.41, 5.74) is 2.66. The van der Waals surface area contributed by atoms with Gasteiger partial charge in [-0.1, -0.05) is 41.6 Å². The first-order chi connectivity index (χ1) is 10.7. The smallest absolute Gasteiger partial charge is 0.248 e. The molecule has 114 valence electrons. The van der Waals surface area contributed by atoms with Crippen LogP contribution in [0.1, 0.15) is 37.1 Å². The van der Waals surface area contributed by atoms with Crippen molar-refractivity contribution in [3.05, 3.63) is 47.6 Å². The van der Waals surface area contributed by atoms with E-state index in [-0.39, 0.29) is 0 Å². The summed E-state index contributed by atoms with van der Waals surface area (Å²) in [4.78, 5) is 4.41. The van der Waals surface area contributed by atoms with Gasteiger partial charge in [0.05, 0.1) is 12.3 Å². The SMILES string of the molecule is CCc1ccccc1-c1noc(Cn2cc(C(C)O)nn2)n1. The predicted molar refractivity (Wildman–Crippen MR) is 78.9 cm³/mol. The second-order valence-corrected chi connectivity index (χ2v) is 5.04. The molecule has 0 saturated carbocycles. The van der Waals surface area contributed by atoms with E-state index >= 15 is 0 Å². The number of aryl methyl sites for hydroxylation is 1. The second-order valence-electron chi connectivity index (χ2n) is 5.04. The molecule has 0 saturated heterocycles. The molecule has 0 aliphatic rings. The van der Waals surface area contributed by atoms with Crippen LogP contribution in [0.3, 0.4) is 0 Å². The molecule has 2 heterocycles. The fraction of sp³-hybridized carbons (Fsp3) is 0.333. The average molecular weight is 299 g/mol. The van der Waals surface area contributed by atoms with Gasteiger partial charge in [-0.2, -0.15) is 4.98 Å². The van der Waals surface area contributed by atoms with Crippen molar-refractivity contribution in [2.75, 3.05) is 0 Å². The third kappa shape index (κ3) is 2.89. The lowest BCUT2D eigenvalue weighted by Crippen LogP contribution is -2.00. The number of rotatable bonds is 5. The summed E-state index contributed by atoms with van der Waals surface area (Å²) in [6.07, 6.45) is 1.92. The zero-order valence-electron chi connectivity index (χ0n) is 12.5. The van der Waals surface area contributed by atoms with E-state index in [2.05, 4.69) is 33.4 Å². The Bertz CT molecular complexity index is 763. The molecule has 1 N–H and O–H groups in total. The van der Waals surface area contributed by atoms with Crippen LogP contribution in [0.4, 0.5) is 0 Å². The van der Waals surface area contributed by atoms with E-state index < -0.39 is 6.10 Å². The van der Waals surface area contributed by atoms with Crippen LogP contribution in [-0.4, -0.2) is 30.2 Å². The first-order valence-electron chi connectivity index (χ1n) is 7.16. The third-order valence-corrected chi connectivity index (χ3v) is 3.39. The van der Waals surface area contributed by atoms with Gasteiger partial charge in [0, 0.05) is 5.56 Å². The third-order valence-electron chi connectivity index (χ3n) is 3.39. The summed E-state index contributed by atoms with van der Waals surface area (Å²) in [7, 11) is 0. The Labute approximate surface area is 127 Å². The van der Waals surface area contributed by atoms with Crippen molar-refractivity contribution in [2.24, 2.45) is 0 Å². The molecule has 0 aliphatic carbocycles. The molecule has 1 aromatic carbocycles. The first-order valence-corrected chi connectivity index (χ1v) is 7.16. The molecule has 1 unspecified atom stereocenters. The Morgan fingerprint density at radius 3 is 2.86 bits per heavy atom. The molecule has 0 radical (unpaired) electrons. The summed E-state index contributed by atoms with van der Waals surface area (Å²) in [5, 5.41) is 21.3. The molecule has 0 aliphatic heterocycles. The first kappa shape index (κ1) is 14.4. The Hall–Kier alpha value is -2.54. The summed E-state index contributed by atoms with van der Waals surface area (Å²) in [6.45, 7) is 4.05. The Kier molecular flexibility index (Phi) is 3.97. The quantitative estimate of drug-likeness (QED) is 0.775. The Morgan fingerprint density at radius 2 is 2.14 bits per heavy atom. The highest BCUT2D eigenvalue weighted by Gasteiger charge is 2.13. The van der Waals surface area contributed by atoms with Gasteiger partial charge in [-0.3, -0.25) is 0 Å².